The molecule has 0 aromatic carbocycles. The van der Waals surface area contributed by atoms with Crippen LogP contribution in [0.5, 0.6) is 0 Å². The van der Waals surface area contributed by atoms with E-state index in [1.54, 1.807) is 0 Å². The van der Waals surface area contributed by atoms with E-state index in [-0.39, 0.29) is 11.9 Å². The predicted molar refractivity (Wildman–Crippen MR) is 39.8 cm³/mol. The Balaban J connectivity index is 2.51. The van der Waals surface area contributed by atoms with E-state index < -0.39 is 0 Å². The maximum absolute atomic E-state index is 5.52. The van der Waals surface area contributed by atoms with Crippen molar-refractivity contribution in [3.8, 4) is 0 Å². The first-order chi connectivity index (χ1) is 4.49. The molecule has 0 amide bonds. The molecule has 1 rings (SSSR count). The third-order valence-electron chi connectivity index (χ3n) is 1.69. The monoisotopic (exact) mass is 144 g/mol. The van der Waals surface area contributed by atoms with E-state index in [0.29, 0.717) is 6.10 Å². The zero-order valence-electron chi connectivity index (χ0n) is 7.18. The second-order valence-corrected chi connectivity index (χ2v) is 3.60. The molecule has 1 aliphatic heterocycles. The van der Waals surface area contributed by atoms with Crippen LogP contribution in [-0.2, 0) is 9.47 Å². The maximum Gasteiger partial charge on any atom is 0.155 e. The Labute approximate surface area is 62.5 Å². The molecule has 2 unspecified atom stereocenters. The molecule has 0 radical (unpaired) electrons. The minimum absolute atomic E-state index is 0.00289. The highest BCUT2D eigenvalue weighted by Crippen LogP contribution is 2.26. The predicted octanol–water partition coefficient (Wildman–Crippen LogP) is 1.94. The molecule has 1 heterocycles. The average Bonchev–Trinajstić information content (AvgIpc) is 1.54. The first-order valence-electron chi connectivity index (χ1n) is 3.83. The zero-order chi connectivity index (χ0) is 7.78. The lowest BCUT2D eigenvalue weighted by atomic mass is 10.0. The summed E-state index contributed by atoms with van der Waals surface area (Å²) in [5.41, 5.74) is -0.00289. The van der Waals surface area contributed by atoms with Crippen LogP contribution < -0.4 is 0 Å². The van der Waals surface area contributed by atoms with Crippen molar-refractivity contribution in [3.05, 3.63) is 0 Å². The van der Waals surface area contributed by atoms with Crippen LogP contribution in [0.25, 0.3) is 0 Å². The van der Waals surface area contributed by atoms with Gasteiger partial charge >= 0.3 is 0 Å². The van der Waals surface area contributed by atoms with Crippen molar-refractivity contribution in [3.63, 3.8) is 0 Å². The Morgan fingerprint density at radius 2 is 1.90 bits per heavy atom. The third kappa shape index (κ3) is 1.96. The minimum atomic E-state index is -0.0428. The van der Waals surface area contributed by atoms with Gasteiger partial charge in [-0.05, 0) is 27.7 Å². The molecule has 0 spiro atoms. The summed E-state index contributed by atoms with van der Waals surface area (Å²) in [6, 6.07) is 0. The van der Waals surface area contributed by atoms with E-state index >= 15 is 0 Å². The van der Waals surface area contributed by atoms with Crippen LogP contribution in [0.4, 0.5) is 0 Å². The number of ether oxygens (including phenoxy) is 2. The van der Waals surface area contributed by atoms with Crippen molar-refractivity contribution >= 4 is 0 Å². The SMILES string of the molecule is CC1CC(C)(C)OC(C)O1. The van der Waals surface area contributed by atoms with E-state index in [1.165, 1.54) is 0 Å². The molecular weight excluding hydrogens is 128 g/mol. The number of hydrogen-bond acceptors (Lipinski definition) is 2. The van der Waals surface area contributed by atoms with Gasteiger partial charge in [0.05, 0.1) is 11.7 Å². The Kier molecular flexibility index (Phi) is 2.02. The molecule has 0 aromatic rings. The lowest BCUT2D eigenvalue weighted by Crippen LogP contribution is -2.41. The first-order valence-corrected chi connectivity index (χ1v) is 3.83. The van der Waals surface area contributed by atoms with Gasteiger partial charge in [0.25, 0.3) is 0 Å². The average molecular weight is 144 g/mol. The zero-order valence-corrected chi connectivity index (χ0v) is 7.18. The Hall–Kier alpha value is -0.0800. The van der Waals surface area contributed by atoms with Gasteiger partial charge in [-0.25, -0.2) is 0 Å². The van der Waals surface area contributed by atoms with Crippen LogP contribution in [-0.4, -0.2) is 18.0 Å². The molecule has 60 valence electrons. The molecule has 10 heavy (non-hydrogen) atoms. The molecule has 2 nitrogen and oxygen atoms in total. The topological polar surface area (TPSA) is 18.5 Å². The highest BCUT2D eigenvalue weighted by molar-refractivity contribution is 4.76. The number of hydrogen-bond donors (Lipinski definition) is 0. The van der Waals surface area contributed by atoms with Crippen molar-refractivity contribution in [1.29, 1.82) is 0 Å². The van der Waals surface area contributed by atoms with Crippen molar-refractivity contribution in [2.75, 3.05) is 0 Å². The molecule has 0 N–H and O–H groups in total. The van der Waals surface area contributed by atoms with E-state index in [2.05, 4.69) is 20.8 Å². The molecular formula is C8H16O2. The maximum atomic E-state index is 5.52. The molecule has 0 saturated carbocycles. The molecule has 0 aliphatic carbocycles. The van der Waals surface area contributed by atoms with E-state index in [9.17, 15) is 0 Å². The van der Waals surface area contributed by atoms with E-state index in [0.717, 1.165) is 6.42 Å². The molecule has 0 bridgehead atoms. The van der Waals surface area contributed by atoms with Gasteiger partial charge in [-0.3, -0.25) is 0 Å². The summed E-state index contributed by atoms with van der Waals surface area (Å²) in [7, 11) is 0. The molecule has 1 fully saturated rings. The molecule has 1 saturated heterocycles. The Morgan fingerprint density at radius 3 is 2.30 bits per heavy atom. The Morgan fingerprint density at radius 1 is 1.30 bits per heavy atom. The fourth-order valence-electron chi connectivity index (χ4n) is 1.59. The lowest BCUT2D eigenvalue weighted by molar-refractivity contribution is -0.260. The highest BCUT2D eigenvalue weighted by Gasteiger charge is 2.30. The van der Waals surface area contributed by atoms with Crippen molar-refractivity contribution in [1.82, 2.24) is 0 Å². The van der Waals surface area contributed by atoms with Crippen LogP contribution in [0.15, 0.2) is 0 Å². The minimum Gasteiger partial charge on any atom is -0.350 e. The van der Waals surface area contributed by atoms with Gasteiger partial charge in [-0.1, -0.05) is 0 Å². The molecule has 2 atom stereocenters. The van der Waals surface area contributed by atoms with Crippen molar-refractivity contribution < 1.29 is 9.47 Å². The number of rotatable bonds is 0. The fourth-order valence-corrected chi connectivity index (χ4v) is 1.59. The van der Waals surface area contributed by atoms with E-state index in [4.69, 9.17) is 9.47 Å². The van der Waals surface area contributed by atoms with Gasteiger partial charge in [0.15, 0.2) is 6.29 Å². The van der Waals surface area contributed by atoms with E-state index in [1.807, 2.05) is 6.92 Å². The van der Waals surface area contributed by atoms with Gasteiger partial charge in [0, 0.05) is 6.42 Å². The summed E-state index contributed by atoms with van der Waals surface area (Å²) >= 11 is 0. The van der Waals surface area contributed by atoms with Crippen molar-refractivity contribution in [2.24, 2.45) is 0 Å². The van der Waals surface area contributed by atoms with Crippen LogP contribution in [0.3, 0.4) is 0 Å². The quantitative estimate of drug-likeness (QED) is 0.517. The largest absolute Gasteiger partial charge is 0.350 e. The van der Waals surface area contributed by atoms with Crippen LogP contribution >= 0.6 is 0 Å². The van der Waals surface area contributed by atoms with Crippen LogP contribution in [0.2, 0.25) is 0 Å². The molecule has 1 aliphatic rings. The molecule has 2 heteroatoms. The lowest BCUT2D eigenvalue weighted by Gasteiger charge is -2.38. The van der Waals surface area contributed by atoms with Gasteiger partial charge in [0.2, 0.25) is 0 Å². The highest BCUT2D eigenvalue weighted by atomic mass is 16.7. The first kappa shape index (κ1) is 8.02. The summed E-state index contributed by atoms with van der Waals surface area (Å²) in [6.07, 6.45) is 1.27. The smallest absolute Gasteiger partial charge is 0.155 e. The second-order valence-electron chi connectivity index (χ2n) is 3.60. The summed E-state index contributed by atoms with van der Waals surface area (Å²) in [5, 5.41) is 0. The molecule has 0 aromatic heterocycles. The van der Waals surface area contributed by atoms with Crippen LogP contribution in [0, 0.1) is 0 Å². The third-order valence-corrected chi connectivity index (χ3v) is 1.69. The van der Waals surface area contributed by atoms with Crippen molar-refractivity contribution in [2.45, 2.75) is 52.1 Å². The van der Waals surface area contributed by atoms with Gasteiger partial charge < -0.3 is 9.47 Å². The Bertz CT molecular complexity index is 108. The second kappa shape index (κ2) is 2.51. The van der Waals surface area contributed by atoms with Gasteiger partial charge in [-0.15, -0.1) is 0 Å². The fraction of sp³-hybridized carbons (Fsp3) is 1.00. The summed E-state index contributed by atoms with van der Waals surface area (Å²) < 4.78 is 10.9. The van der Waals surface area contributed by atoms with Gasteiger partial charge in [-0.2, -0.15) is 0 Å². The summed E-state index contributed by atoms with van der Waals surface area (Å²) in [6.45, 7) is 8.23. The van der Waals surface area contributed by atoms with Crippen LogP contribution in [0.1, 0.15) is 34.1 Å². The van der Waals surface area contributed by atoms with Gasteiger partial charge in [0.1, 0.15) is 0 Å². The summed E-state index contributed by atoms with van der Waals surface area (Å²) in [5.74, 6) is 0. The normalized spacial score (nSPS) is 39.6. The summed E-state index contributed by atoms with van der Waals surface area (Å²) in [4.78, 5) is 0. The standard InChI is InChI=1S/C8H16O2/c1-6-5-8(3,4)10-7(2)9-6/h6-7H,5H2,1-4H3.